The van der Waals surface area contributed by atoms with Crippen molar-refractivity contribution in [1.82, 2.24) is 4.98 Å². The van der Waals surface area contributed by atoms with E-state index in [2.05, 4.69) is 4.98 Å². The lowest BCUT2D eigenvalue weighted by Crippen LogP contribution is -2.55. The quantitative estimate of drug-likeness (QED) is 0.387. The van der Waals surface area contributed by atoms with Gasteiger partial charge in [-0.3, -0.25) is 19.2 Å². The minimum Gasteiger partial charge on any atom is -0.473 e. The van der Waals surface area contributed by atoms with Crippen molar-refractivity contribution in [3.05, 3.63) is 24.0 Å². The number of ketones is 1. The molecule has 0 saturated carbocycles. The van der Waals surface area contributed by atoms with Crippen molar-refractivity contribution < 1.29 is 38.1 Å². The molecule has 0 spiro atoms. The molecule has 1 saturated heterocycles. The zero-order valence-corrected chi connectivity index (χ0v) is 16.7. The second-order valence-electron chi connectivity index (χ2n) is 6.02. The van der Waals surface area contributed by atoms with Gasteiger partial charge < -0.3 is 18.9 Å². The van der Waals surface area contributed by atoms with Crippen LogP contribution in [0, 0.1) is 0 Å². The van der Waals surface area contributed by atoms with E-state index in [9.17, 15) is 19.2 Å². The predicted octanol–water partition coefficient (Wildman–Crippen LogP) is 1.53. The van der Waals surface area contributed by atoms with Gasteiger partial charge in [-0.25, -0.2) is 4.98 Å². The summed E-state index contributed by atoms with van der Waals surface area (Å²) in [6, 6.07) is 3.16. The monoisotopic (exact) mass is 411 g/mol. The van der Waals surface area contributed by atoms with Crippen LogP contribution in [0.4, 0.5) is 0 Å². The first kappa shape index (κ1) is 21.7. The third-order valence-corrected chi connectivity index (χ3v) is 4.87. The van der Waals surface area contributed by atoms with Crippen LogP contribution in [0.25, 0.3) is 0 Å². The summed E-state index contributed by atoms with van der Waals surface area (Å²) in [4.78, 5) is 50.4. The van der Waals surface area contributed by atoms with Crippen molar-refractivity contribution in [2.45, 2.75) is 51.4 Å². The van der Waals surface area contributed by atoms with Crippen molar-refractivity contribution >= 4 is 35.5 Å². The normalized spacial score (nSPS) is 24.0. The first-order valence-corrected chi connectivity index (χ1v) is 9.49. The molecule has 4 atom stereocenters. The molecule has 1 aliphatic heterocycles. The number of hydrogen-bond acceptors (Lipinski definition) is 10. The van der Waals surface area contributed by atoms with Crippen molar-refractivity contribution in [3.63, 3.8) is 0 Å². The van der Waals surface area contributed by atoms with Crippen LogP contribution in [0.5, 0.6) is 5.75 Å². The highest BCUT2D eigenvalue weighted by Gasteiger charge is 2.47. The Bertz CT molecular complexity index is 768. The highest BCUT2D eigenvalue weighted by molar-refractivity contribution is 7.99. The van der Waals surface area contributed by atoms with E-state index >= 15 is 0 Å². The molecule has 0 amide bonds. The molecule has 0 radical (unpaired) electrons. The number of aromatic nitrogens is 1. The fourth-order valence-corrected chi connectivity index (χ4v) is 3.89. The maximum absolute atomic E-state index is 11.8. The number of pyridine rings is 1. The van der Waals surface area contributed by atoms with Gasteiger partial charge in [0.15, 0.2) is 35.3 Å². The molecule has 10 heteroatoms. The topological polar surface area (TPSA) is 118 Å². The van der Waals surface area contributed by atoms with Gasteiger partial charge in [-0.1, -0.05) is 0 Å². The number of carbonyl (C=O) groups excluding carboxylic acids is 4. The molecule has 9 nitrogen and oxygen atoms in total. The van der Waals surface area contributed by atoms with Gasteiger partial charge in [-0.05, 0) is 12.1 Å². The number of carbonyl (C=O) groups is 4. The zero-order valence-electron chi connectivity index (χ0n) is 15.9. The third-order valence-electron chi connectivity index (χ3n) is 3.65. The van der Waals surface area contributed by atoms with Gasteiger partial charge in [0.25, 0.3) is 0 Å². The van der Waals surface area contributed by atoms with E-state index in [0.717, 1.165) is 0 Å². The Morgan fingerprint density at radius 1 is 0.964 bits per heavy atom. The molecule has 1 aromatic heterocycles. The Morgan fingerprint density at radius 2 is 1.57 bits per heavy atom. The van der Waals surface area contributed by atoms with Crippen molar-refractivity contribution in [2.75, 3.05) is 5.75 Å². The van der Waals surface area contributed by atoms with Crippen LogP contribution in [-0.2, 0) is 28.6 Å². The largest absolute Gasteiger partial charge is 0.473 e. The molecule has 1 aliphatic rings. The van der Waals surface area contributed by atoms with Gasteiger partial charge in [0.2, 0.25) is 0 Å². The number of nitrogens with zero attached hydrogens (tertiary/aromatic N) is 1. The summed E-state index contributed by atoms with van der Waals surface area (Å²) < 4.78 is 21.8. The lowest BCUT2D eigenvalue weighted by molar-refractivity contribution is -0.186. The first-order chi connectivity index (χ1) is 13.2. The first-order valence-electron chi connectivity index (χ1n) is 8.45. The summed E-state index contributed by atoms with van der Waals surface area (Å²) in [5, 5.41) is 0. The van der Waals surface area contributed by atoms with E-state index in [4.69, 9.17) is 18.9 Å². The Kier molecular flexibility index (Phi) is 7.38. The highest BCUT2D eigenvalue weighted by atomic mass is 32.2. The number of ether oxygens (including phenoxy) is 4. The van der Waals surface area contributed by atoms with Crippen molar-refractivity contribution in [3.8, 4) is 5.75 Å². The lowest BCUT2D eigenvalue weighted by Gasteiger charge is -2.40. The van der Waals surface area contributed by atoms with Gasteiger partial charge in [0.1, 0.15) is 5.69 Å². The fourth-order valence-electron chi connectivity index (χ4n) is 2.69. The Hall–Kier alpha value is -2.62. The molecule has 152 valence electrons. The Morgan fingerprint density at radius 3 is 2.14 bits per heavy atom. The highest BCUT2D eigenvalue weighted by Crippen LogP contribution is 2.34. The van der Waals surface area contributed by atoms with E-state index in [-0.39, 0.29) is 23.0 Å². The third kappa shape index (κ3) is 5.69. The van der Waals surface area contributed by atoms with E-state index in [1.54, 1.807) is 12.1 Å². The molecule has 28 heavy (non-hydrogen) atoms. The van der Waals surface area contributed by atoms with Crippen LogP contribution in [0.1, 0.15) is 38.2 Å². The summed E-state index contributed by atoms with van der Waals surface area (Å²) in [6.07, 6.45) is -1.49. The number of rotatable bonds is 6. The van der Waals surface area contributed by atoms with Crippen LogP contribution in [0.15, 0.2) is 18.3 Å². The van der Waals surface area contributed by atoms with Crippen LogP contribution in [-0.4, -0.2) is 58.2 Å². The summed E-state index contributed by atoms with van der Waals surface area (Å²) >= 11 is 1.20. The molecule has 1 fully saturated rings. The predicted molar refractivity (Wildman–Crippen MR) is 97.8 cm³/mol. The molecule has 2 heterocycles. The smallest absolute Gasteiger partial charge is 0.303 e. The van der Waals surface area contributed by atoms with Crippen LogP contribution in [0.2, 0.25) is 0 Å². The summed E-state index contributed by atoms with van der Waals surface area (Å²) in [5.74, 6) is -1.68. The minimum absolute atomic E-state index is 0.121. The van der Waals surface area contributed by atoms with Crippen LogP contribution < -0.4 is 4.74 Å². The summed E-state index contributed by atoms with van der Waals surface area (Å²) in [5.41, 5.74) is -0.696. The number of esters is 3. The number of hydrogen-bond donors (Lipinski definition) is 0. The fraction of sp³-hybridized carbons (Fsp3) is 0.500. The van der Waals surface area contributed by atoms with Crippen LogP contribution >= 0.6 is 11.8 Å². The maximum atomic E-state index is 11.8. The van der Waals surface area contributed by atoms with Crippen molar-refractivity contribution in [2.24, 2.45) is 0 Å². The van der Waals surface area contributed by atoms with Crippen LogP contribution in [0.3, 0.4) is 0 Å². The molecule has 2 rings (SSSR count). The molecule has 0 bridgehead atoms. The molecular formula is C18H21NO8S. The SMILES string of the molecule is CC(=O)O[C@@H]1[C@@H](OC(C)=O)[C@@H](Oc2cccnc2C(C)=O)SC[C@H]1OC(C)=O. The summed E-state index contributed by atoms with van der Waals surface area (Å²) in [6.45, 7) is 4.98. The van der Waals surface area contributed by atoms with E-state index < -0.39 is 41.7 Å². The molecule has 0 aliphatic carbocycles. The number of Topliss-reactive ketones (excluding diaryl/α,β-unsaturated/α-hetero) is 1. The minimum atomic E-state index is -1.07. The molecule has 0 unspecified atom stereocenters. The second kappa shape index (κ2) is 9.54. The lowest BCUT2D eigenvalue weighted by atomic mass is 10.1. The summed E-state index contributed by atoms with van der Waals surface area (Å²) in [7, 11) is 0. The standard InChI is InChI=1S/C18H21NO8S/c1-9(20)15-13(6-5-7-19-15)27-18-17(26-12(4)23)16(25-11(3)22)14(8-28-18)24-10(2)21/h5-7,14,16-18H,8H2,1-4H3/t14-,16+,17-,18+/m1/s1. The second-order valence-corrected chi connectivity index (χ2v) is 7.15. The molecule has 1 aromatic rings. The van der Waals surface area contributed by atoms with Gasteiger partial charge in [0, 0.05) is 39.6 Å². The molecule has 0 aromatic carbocycles. The van der Waals surface area contributed by atoms with E-state index in [1.807, 2.05) is 0 Å². The van der Waals surface area contributed by atoms with Gasteiger partial charge in [0.05, 0.1) is 0 Å². The average molecular weight is 411 g/mol. The van der Waals surface area contributed by atoms with Gasteiger partial charge >= 0.3 is 17.9 Å². The Labute approximate surface area is 166 Å². The Balaban J connectivity index is 2.34. The van der Waals surface area contributed by atoms with E-state index in [1.165, 1.54) is 45.7 Å². The number of thioether (sulfide) groups is 1. The van der Waals surface area contributed by atoms with Gasteiger partial charge in [-0.15, -0.1) is 11.8 Å². The molecular weight excluding hydrogens is 390 g/mol. The van der Waals surface area contributed by atoms with Crippen molar-refractivity contribution in [1.29, 1.82) is 0 Å². The maximum Gasteiger partial charge on any atom is 0.303 e. The molecule has 0 N–H and O–H groups in total. The zero-order chi connectivity index (χ0) is 20.8. The van der Waals surface area contributed by atoms with E-state index in [0.29, 0.717) is 0 Å². The van der Waals surface area contributed by atoms with Gasteiger partial charge in [-0.2, -0.15) is 0 Å². The average Bonchev–Trinajstić information content (AvgIpc) is 2.59.